The van der Waals surface area contributed by atoms with E-state index in [0.717, 1.165) is 51.1 Å². The minimum atomic E-state index is -0.294. The predicted molar refractivity (Wildman–Crippen MR) is 119 cm³/mol. The molecule has 1 fully saturated rings. The molecule has 0 aliphatic carbocycles. The second-order valence-electron chi connectivity index (χ2n) is 7.80. The van der Waals surface area contributed by atoms with Crippen molar-refractivity contribution in [1.29, 1.82) is 5.26 Å². The smallest absolute Gasteiger partial charge is 0.254 e. The van der Waals surface area contributed by atoms with Crippen molar-refractivity contribution in [2.75, 3.05) is 32.7 Å². The fourth-order valence-corrected chi connectivity index (χ4v) is 3.65. The van der Waals surface area contributed by atoms with Crippen molar-refractivity contribution in [2.45, 2.75) is 26.3 Å². The average molecular weight is 422 g/mol. The van der Waals surface area contributed by atoms with Gasteiger partial charge in [-0.2, -0.15) is 10.4 Å². The van der Waals surface area contributed by atoms with E-state index in [1.54, 1.807) is 0 Å². The van der Waals surface area contributed by atoms with Gasteiger partial charge in [0.05, 0.1) is 24.4 Å². The maximum atomic E-state index is 13.7. The highest BCUT2D eigenvalue weighted by atomic mass is 19.1. The quantitative estimate of drug-likeness (QED) is 0.526. The van der Waals surface area contributed by atoms with E-state index < -0.39 is 0 Å². The lowest BCUT2D eigenvalue weighted by Gasteiger charge is -2.34. The van der Waals surface area contributed by atoms with E-state index in [1.165, 1.54) is 23.9 Å². The van der Waals surface area contributed by atoms with E-state index in [2.05, 4.69) is 26.4 Å². The molecule has 0 spiro atoms. The third-order valence-electron chi connectivity index (χ3n) is 5.24. The van der Waals surface area contributed by atoms with Gasteiger partial charge in [-0.25, -0.2) is 9.82 Å². The van der Waals surface area contributed by atoms with E-state index in [-0.39, 0.29) is 18.3 Å². The summed E-state index contributed by atoms with van der Waals surface area (Å²) in [5.74, 6) is -0.473. The number of piperazine rings is 1. The number of hydrogen-bond donors (Lipinski definition) is 1. The van der Waals surface area contributed by atoms with Crippen molar-refractivity contribution in [3.8, 4) is 6.07 Å². The van der Waals surface area contributed by atoms with Crippen LogP contribution in [0.15, 0.2) is 47.6 Å². The zero-order valence-electron chi connectivity index (χ0n) is 17.9. The summed E-state index contributed by atoms with van der Waals surface area (Å²) in [4.78, 5) is 16.6. The molecule has 1 aliphatic rings. The number of amides is 1. The van der Waals surface area contributed by atoms with Crippen molar-refractivity contribution in [3.63, 3.8) is 0 Å². The zero-order chi connectivity index (χ0) is 22.1. The summed E-state index contributed by atoms with van der Waals surface area (Å²) in [5.41, 5.74) is 5.95. The van der Waals surface area contributed by atoms with Crippen LogP contribution in [-0.4, -0.2) is 54.6 Å². The molecule has 1 saturated heterocycles. The number of aryl methyl sites for hydroxylation is 1. The van der Waals surface area contributed by atoms with Crippen LogP contribution in [0.3, 0.4) is 0 Å². The molecular weight excluding hydrogens is 393 g/mol. The van der Waals surface area contributed by atoms with Gasteiger partial charge in [0.1, 0.15) is 5.82 Å². The molecule has 7 heteroatoms. The number of carbonyl (C=O) groups excluding carboxylic acids is 1. The standard InChI is InChI=1S/C24H28FN5O/c1-2-3-21-12-22(14-23(25)13-21)16-27-28-24(31)18-30-10-8-29(9-11-30)17-20-6-4-19(15-26)5-7-20/h4-7,12-14,16H,2-3,8-11,17-18H2,1H3,(H,28,31)/b27-16+. The molecule has 2 aromatic rings. The Morgan fingerprint density at radius 1 is 1.13 bits per heavy atom. The molecule has 0 aromatic heterocycles. The molecular formula is C24H28FN5O. The van der Waals surface area contributed by atoms with E-state index >= 15 is 0 Å². The first-order chi connectivity index (χ1) is 15.1. The van der Waals surface area contributed by atoms with Crippen molar-refractivity contribution >= 4 is 12.1 Å². The third kappa shape index (κ3) is 7.28. The van der Waals surface area contributed by atoms with Crippen LogP contribution in [0.2, 0.25) is 0 Å². The topological polar surface area (TPSA) is 71.7 Å². The van der Waals surface area contributed by atoms with Crippen LogP contribution >= 0.6 is 0 Å². The van der Waals surface area contributed by atoms with E-state index in [1.807, 2.05) is 37.3 Å². The van der Waals surface area contributed by atoms with Crippen molar-refractivity contribution in [3.05, 3.63) is 70.5 Å². The van der Waals surface area contributed by atoms with Crippen LogP contribution in [0, 0.1) is 17.1 Å². The van der Waals surface area contributed by atoms with Gasteiger partial charge in [0.15, 0.2) is 0 Å². The number of halogens is 1. The summed E-state index contributed by atoms with van der Waals surface area (Å²) in [6.45, 7) is 6.52. The Bertz CT molecular complexity index is 943. The molecule has 1 amide bonds. The monoisotopic (exact) mass is 421 g/mol. The number of benzene rings is 2. The Morgan fingerprint density at radius 3 is 2.52 bits per heavy atom. The van der Waals surface area contributed by atoms with Gasteiger partial charge in [0.25, 0.3) is 5.91 Å². The van der Waals surface area contributed by atoms with Crippen LogP contribution in [0.1, 0.15) is 35.6 Å². The molecule has 162 valence electrons. The molecule has 0 unspecified atom stereocenters. The molecule has 1 heterocycles. The van der Waals surface area contributed by atoms with E-state index in [0.29, 0.717) is 11.1 Å². The van der Waals surface area contributed by atoms with Crippen molar-refractivity contribution in [2.24, 2.45) is 5.10 Å². The zero-order valence-corrected chi connectivity index (χ0v) is 17.9. The van der Waals surface area contributed by atoms with Gasteiger partial charge in [-0.05, 0) is 53.4 Å². The lowest BCUT2D eigenvalue weighted by molar-refractivity contribution is -0.122. The molecule has 0 atom stereocenters. The minimum Gasteiger partial charge on any atom is -0.297 e. The number of nitrogens with one attached hydrogen (secondary N) is 1. The highest BCUT2D eigenvalue weighted by Gasteiger charge is 2.18. The van der Waals surface area contributed by atoms with Gasteiger partial charge in [0.2, 0.25) is 0 Å². The average Bonchev–Trinajstić information content (AvgIpc) is 2.75. The second-order valence-corrected chi connectivity index (χ2v) is 7.80. The Morgan fingerprint density at radius 2 is 1.84 bits per heavy atom. The maximum Gasteiger partial charge on any atom is 0.254 e. The molecule has 3 rings (SSSR count). The van der Waals surface area contributed by atoms with Gasteiger partial charge in [-0.3, -0.25) is 14.6 Å². The van der Waals surface area contributed by atoms with Crippen LogP contribution in [0.5, 0.6) is 0 Å². The maximum absolute atomic E-state index is 13.7. The fraction of sp³-hybridized carbons (Fsp3) is 0.375. The summed E-state index contributed by atoms with van der Waals surface area (Å²) in [7, 11) is 0. The summed E-state index contributed by atoms with van der Waals surface area (Å²) >= 11 is 0. The molecule has 31 heavy (non-hydrogen) atoms. The normalized spacial score (nSPS) is 15.1. The Hall–Kier alpha value is -3.08. The summed E-state index contributed by atoms with van der Waals surface area (Å²) in [6, 6.07) is 14.6. The number of nitrogens with zero attached hydrogens (tertiary/aromatic N) is 4. The van der Waals surface area contributed by atoms with E-state index in [9.17, 15) is 9.18 Å². The lowest BCUT2D eigenvalue weighted by Crippen LogP contribution is -2.48. The lowest BCUT2D eigenvalue weighted by atomic mass is 10.1. The third-order valence-corrected chi connectivity index (χ3v) is 5.24. The number of hydrazone groups is 1. The molecule has 0 bridgehead atoms. The summed E-state index contributed by atoms with van der Waals surface area (Å²) in [6.07, 6.45) is 3.23. The highest BCUT2D eigenvalue weighted by molar-refractivity contribution is 5.83. The largest absolute Gasteiger partial charge is 0.297 e. The van der Waals surface area contributed by atoms with Gasteiger partial charge in [-0.15, -0.1) is 0 Å². The van der Waals surface area contributed by atoms with Crippen molar-refractivity contribution in [1.82, 2.24) is 15.2 Å². The van der Waals surface area contributed by atoms with Crippen LogP contribution < -0.4 is 5.43 Å². The number of hydrogen-bond acceptors (Lipinski definition) is 5. The Balaban J connectivity index is 1.40. The second kappa shape index (κ2) is 11.3. The Kier molecular flexibility index (Phi) is 8.27. The fourth-order valence-electron chi connectivity index (χ4n) is 3.65. The van der Waals surface area contributed by atoms with Crippen molar-refractivity contribution < 1.29 is 9.18 Å². The molecule has 0 radical (unpaired) electrons. The molecule has 2 aromatic carbocycles. The first-order valence-corrected chi connectivity index (χ1v) is 10.6. The summed E-state index contributed by atoms with van der Waals surface area (Å²) in [5, 5.41) is 12.9. The van der Waals surface area contributed by atoms with Gasteiger partial charge >= 0.3 is 0 Å². The predicted octanol–water partition coefficient (Wildman–Crippen LogP) is 2.92. The number of nitriles is 1. The highest BCUT2D eigenvalue weighted by Crippen LogP contribution is 2.11. The van der Waals surface area contributed by atoms with Crippen LogP contribution in [0.25, 0.3) is 0 Å². The number of carbonyl (C=O) groups is 1. The van der Waals surface area contributed by atoms with E-state index in [4.69, 9.17) is 5.26 Å². The van der Waals surface area contributed by atoms with Crippen LogP contribution in [-0.2, 0) is 17.8 Å². The molecule has 1 N–H and O–H groups in total. The molecule has 1 aliphatic heterocycles. The Labute approximate surface area is 183 Å². The summed E-state index contributed by atoms with van der Waals surface area (Å²) < 4.78 is 13.7. The molecule has 0 saturated carbocycles. The molecule has 6 nitrogen and oxygen atoms in total. The van der Waals surface area contributed by atoms with Gasteiger partial charge in [0, 0.05) is 32.7 Å². The van der Waals surface area contributed by atoms with Gasteiger partial charge in [-0.1, -0.05) is 25.5 Å². The SMILES string of the molecule is CCCc1cc(F)cc(/C=N/NC(=O)CN2CCN(Cc3ccc(C#N)cc3)CC2)c1. The van der Waals surface area contributed by atoms with Gasteiger partial charge < -0.3 is 0 Å². The first kappa shape index (κ1) is 22.6. The minimum absolute atomic E-state index is 0.179. The van der Waals surface area contributed by atoms with Crippen LogP contribution in [0.4, 0.5) is 4.39 Å². The first-order valence-electron chi connectivity index (χ1n) is 10.6. The number of rotatable bonds is 8.